The molecule has 3 aromatic rings. The highest BCUT2D eigenvalue weighted by Gasteiger charge is 2.11. The number of thioether (sulfide) groups is 1. The lowest BCUT2D eigenvalue weighted by atomic mass is 10.1. The van der Waals surface area contributed by atoms with Gasteiger partial charge in [0.25, 0.3) is 5.91 Å². The first-order chi connectivity index (χ1) is 12.1. The van der Waals surface area contributed by atoms with Crippen LogP contribution in [0.4, 0.5) is 5.69 Å². The monoisotopic (exact) mass is 351 g/mol. The van der Waals surface area contributed by atoms with Gasteiger partial charge in [0.2, 0.25) is 0 Å². The quantitative estimate of drug-likeness (QED) is 0.519. The topological polar surface area (TPSA) is 74.8 Å². The van der Waals surface area contributed by atoms with E-state index in [1.165, 1.54) is 11.8 Å². The summed E-state index contributed by atoms with van der Waals surface area (Å²) in [4.78, 5) is 31.5. The average Bonchev–Trinajstić information content (AvgIpc) is 3.06. The van der Waals surface area contributed by atoms with Crippen molar-refractivity contribution in [3.05, 3.63) is 71.5 Å². The van der Waals surface area contributed by atoms with Gasteiger partial charge in [-0.15, -0.1) is 11.8 Å². The maximum Gasteiger partial charge on any atom is 0.251 e. The van der Waals surface area contributed by atoms with Crippen molar-refractivity contribution >= 4 is 40.0 Å². The predicted octanol–water partition coefficient (Wildman–Crippen LogP) is 4.02. The van der Waals surface area contributed by atoms with Gasteiger partial charge in [0.05, 0.1) is 17.6 Å². The summed E-state index contributed by atoms with van der Waals surface area (Å²) in [6.07, 6.45) is 4.96. The number of rotatable bonds is 6. The van der Waals surface area contributed by atoms with Crippen LogP contribution in [0.2, 0.25) is 0 Å². The molecule has 25 heavy (non-hydrogen) atoms. The van der Waals surface area contributed by atoms with Crippen molar-refractivity contribution in [2.45, 2.75) is 6.92 Å². The molecule has 0 saturated carbocycles. The number of ketones is 1. The first-order valence-electron chi connectivity index (χ1n) is 7.74. The highest BCUT2D eigenvalue weighted by atomic mass is 32.2. The van der Waals surface area contributed by atoms with E-state index in [0.717, 1.165) is 10.9 Å². The number of Topliss-reactive ketones (excluding diaryl/α,β-unsaturated/α-hetero) is 1. The van der Waals surface area contributed by atoms with Gasteiger partial charge in [0, 0.05) is 34.4 Å². The van der Waals surface area contributed by atoms with Gasteiger partial charge in [-0.1, -0.05) is 18.2 Å². The van der Waals surface area contributed by atoms with Crippen LogP contribution in [0.3, 0.4) is 0 Å². The number of H-pyrrole nitrogens is 1. The molecule has 0 saturated heterocycles. The molecule has 2 aromatic heterocycles. The molecule has 0 bridgehead atoms. The maximum absolute atomic E-state index is 12.4. The standard InChI is InChI=1S/C19H17N3O2S/c1-13(19(24)22-14-5-4-8-20-9-14)11-25-12-18(23)16-10-21-17-7-3-2-6-15(16)17/h2-11,21H,12H2,1H3,(H,22,24)/b13-11+. The molecule has 5 nitrogen and oxygen atoms in total. The highest BCUT2D eigenvalue weighted by molar-refractivity contribution is 8.02. The Morgan fingerprint density at radius 3 is 2.88 bits per heavy atom. The number of para-hydroxylation sites is 1. The number of carbonyl (C=O) groups excluding carboxylic acids is 2. The van der Waals surface area contributed by atoms with Crippen molar-refractivity contribution in [1.82, 2.24) is 9.97 Å². The van der Waals surface area contributed by atoms with Crippen molar-refractivity contribution in [2.75, 3.05) is 11.1 Å². The third kappa shape index (κ3) is 4.16. The molecule has 0 radical (unpaired) electrons. The van der Waals surface area contributed by atoms with Gasteiger partial charge in [-0.2, -0.15) is 0 Å². The molecule has 2 N–H and O–H groups in total. The van der Waals surface area contributed by atoms with Gasteiger partial charge in [-0.25, -0.2) is 0 Å². The summed E-state index contributed by atoms with van der Waals surface area (Å²) in [6, 6.07) is 11.2. The summed E-state index contributed by atoms with van der Waals surface area (Å²) in [6.45, 7) is 1.72. The maximum atomic E-state index is 12.4. The Morgan fingerprint density at radius 2 is 2.08 bits per heavy atom. The van der Waals surface area contributed by atoms with E-state index in [9.17, 15) is 9.59 Å². The third-order valence-electron chi connectivity index (χ3n) is 3.64. The van der Waals surface area contributed by atoms with Gasteiger partial charge >= 0.3 is 0 Å². The van der Waals surface area contributed by atoms with Crippen molar-refractivity contribution in [2.24, 2.45) is 0 Å². The number of nitrogens with one attached hydrogen (secondary N) is 2. The van der Waals surface area contributed by atoms with Crippen molar-refractivity contribution in [1.29, 1.82) is 0 Å². The van der Waals surface area contributed by atoms with E-state index in [2.05, 4.69) is 15.3 Å². The van der Waals surface area contributed by atoms with E-state index < -0.39 is 0 Å². The van der Waals surface area contributed by atoms with Crippen LogP contribution in [0, 0.1) is 0 Å². The molecule has 0 atom stereocenters. The minimum absolute atomic E-state index is 0.0270. The zero-order valence-corrected chi connectivity index (χ0v) is 14.5. The van der Waals surface area contributed by atoms with Crippen molar-refractivity contribution < 1.29 is 9.59 Å². The molecule has 0 aliphatic heterocycles. The lowest BCUT2D eigenvalue weighted by Gasteiger charge is -2.04. The van der Waals surface area contributed by atoms with Crippen LogP contribution in [0.1, 0.15) is 17.3 Å². The first kappa shape index (κ1) is 17.0. The number of amides is 1. The Bertz CT molecular complexity index is 932. The largest absolute Gasteiger partial charge is 0.360 e. The molecule has 0 aliphatic carbocycles. The smallest absolute Gasteiger partial charge is 0.251 e. The molecule has 6 heteroatoms. The lowest BCUT2D eigenvalue weighted by Crippen LogP contribution is -2.12. The minimum Gasteiger partial charge on any atom is -0.360 e. The average molecular weight is 351 g/mol. The van der Waals surface area contributed by atoms with Crippen LogP contribution >= 0.6 is 11.8 Å². The Balaban J connectivity index is 1.58. The summed E-state index contributed by atoms with van der Waals surface area (Å²) in [5.41, 5.74) is 2.80. The molecular formula is C19H17N3O2S. The number of hydrogen-bond donors (Lipinski definition) is 2. The van der Waals surface area contributed by atoms with Crippen LogP contribution in [0.5, 0.6) is 0 Å². The molecule has 0 fully saturated rings. The minimum atomic E-state index is -0.208. The van der Waals surface area contributed by atoms with Crippen LogP contribution in [0.25, 0.3) is 10.9 Å². The van der Waals surface area contributed by atoms with Crippen LogP contribution < -0.4 is 5.32 Å². The second-order valence-corrected chi connectivity index (χ2v) is 6.34. The molecule has 0 spiro atoms. The molecule has 2 heterocycles. The number of carbonyl (C=O) groups is 2. The Kier molecular flexibility index (Phi) is 5.30. The van der Waals surface area contributed by atoms with E-state index in [1.807, 2.05) is 24.3 Å². The molecule has 1 aromatic carbocycles. The van der Waals surface area contributed by atoms with Crippen LogP contribution in [0.15, 0.2) is 66.0 Å². The Morgan fingerprint density at radius 1 is 1.24 bits per heavy atom. The molecule has 0 aliphatic rings. The molecule has 0 unspecified atom stereocenters. The number of fused-ring (bicyclic) bond motifs is 1. The lowest BCUT2D eigenvalue weighted by molar-refractivity contribution is -0.112. The van der Waals surface area contributed by atoms with Gasteiger partial charge in [-0.3, -0.25) is 14.6 Å². The fourth-order valence-electron chi connectivity index (χ4n) is 2.34. The summed E-state index contributed by atoms with van der Waals surface area (Å²) in [5.74, 6) is 0.0959. The normalized spacial score (nSPS) is 11.5. The van der Waals surface area contributed by atoms with E-state index >= 15 is 0 Å². The summed E-state index contributed by atoms with van der Waals surface area (Å²) in [5, 5.41) is 5.38. The molecule has 126 valence electrons. The molecular weight excluding hydrogens is 334 g/mol. The number of aromatic nitrogens is 2. The number of nitrogens with zero attached hydrogens (tertiary/aromatic N) is 1. The van der Waals surface area contributed by atoms with E-state index in [1.54, 1.807) is 43.1 Å². The van der Waals surface area contributed by atoms with Gasteiger partial charge < -0.3 is 10.3 Å². The first-order valence-corrected chi connectivity index (χ1v) is 8.79. The molecule has 1 amide bonds. The SMILES string of the molecule is C/C(=C\SCC(=O)c1c[nH]c2ccccc12)C(=O)Nc1cccnc1. The van der Waals surface area contributed by atoms with Crippen LogP contribution in [-0.4, -0.2) is 27.4 Å². The van der Waals surface area contributed by atoms with Crippen molar-refractivity contribution in [3.8, 4) is 0 Å². The van der Waals surface area contributed by atoms with Gasteiger partial charge in [0.15, 0.2) is 5.78 Å². The fourth-order valence-corrected chi connectivity index (χ4v) is 3.09. The van der Waals surface area contributed by atoms with E-state index in [4.69, 9.17) is 0 Å². The second-order valence-electron chi connectivity index (χ2n) is 5.48. The fraction of sp³-hybridized carbons (Fsp3) is 0.105. The van der Waals surface area contributed by atoms with Gasteiger partial charge in [-0.05, 0) is 30.5 Å². The number of hydrogen-bond acceptors (Lipinski definition) is 4. The zero-order chi connectivity index (χ0) is 17.6. The third-order valence-corrected chi connectivity index (χ3v) is 4.59. The van der Waals surface area contributed by atoms with E-state index in [0.29, 0.717) is 16.8 Å². The predicted molar refractivity (Wildman–Crippen MR) is 102 cm³/mol. The summed E-state index contributed by atoms with van der Waals surface area (Å²) >= 11 is 1.31. The highest BCUT2D eigenvalue weighted by Crippen LogP contribution is 2.20. The Labute approximate surface area is 149 Å². The second kappa shape index (κ2) is 7.81. The van der Waals surface area contributed by atoms with Gasteiger partial charge in [0.1, 0.15) is 0 Å². The summed E-state index contributed by atoms with van der Waals surface area (Å²) < 4.78 is 0. The number of benzene rings is 1. The van der Waals surface area contributed by atoms with Crippen molar-refractivity contribution in [3.63, 3.8) is 0 Å². The number of anilines is 1. The zero-order valence-electron chi connectivity index (χ0n) is 13.7. The van der Waals surface area contributed by atoms with E-state index in [-0.39, 0.29) is 17.4 Å². The summed E-state index contributed by atoms with van der Waals surface area (Å²) in [7, 11) is 0. The molecule has 3 rings (SSSR count). The van der Waals surface area contributed by atoms with Crippen LogP contribution in [-0.2, 0) is 4.79 Å². The number of pyridine rings is 1. The Hall–Kier alpha value is -2.86. The number of aromatic amines is 1.